The molecule has 0 atom stereocenters. The van der Waals surface area contributed by atoms with Crippen molar-refractivity contribution >= 4 is 35.8 Å². The van der Waals surface area contributed by atoms with Gasteiger partial charge in [0.2, 0.25) is 0 Å². The molecule has 7 nitrogen and oxygen atoms in total. The SMILES string of the molecule is CCNC(=NCc1ccc(OC)c(OC)c1)NCc1cccc(N(C)C)n1.I. The fourth-order valence-corrected chi connectivity index (χ4v) is 2.48. The number of aliphatic imine (C=N–C) groups is 1. The highest BCUT2D eigenvalue weighted by Crippen LogP contribution is 2.27. The molecule has 0 saturated carbocycles. The molecule has 0 fully saturated rings. The van der Waals surface area contributed by atoms with Crippen LogP contribution in [-0.4, -0.2) is 45.8 Å². The number of halogens is 1. The highest BCUT2D eigenvalue weighted by molar-refractivity contribution is 14.0. The summed E-state index contributed by atoms with van der Waals surface area (Å²) < 4.78 is 10.6. The van der Waals surface area contributed by atoms with Gasteiger partial charge in [-0.25, -0.2) is 9.98 Å². The minimum absolute atomic E-state index is 0. The molecule has 0 aliphatic rings. The van der Waals surface area contributed by atoms with E-state index in [0.29, 0.717) is 24.6 Å². The fraction of sp³-hybridized carbons (Fsp3) is 0.400. The maximum Gasteiger partial charge on any atom is 0.191 e. The monoisotopic (exact) mass is 499 g/mol. The van der Waals surface area contributed by atoms with Crippen LogP contribution in [0.2, 0.25) is 0 Å². The number of rotatable bonds is 8. The lowest BCUT2D eigenvalue weighted by atomic mass is 10.2. The number of anilines is 1. The van der Waals surface area contributed by atoms with E-state index in [1.54, 1.807) is 14.2 Å². The van der Waals surface area contributed by atoms with Crippen LogP contribution in [0.3, 0.4) is 0 Å². The van der Waals surface area contributed by atoms with E-state index in [1.807, 2.05) is 62.3 Å². The van der Waals surface area contributed by atoms with E-state index in [2.05, 4.69) is 20.6 Å². The molecule has 0 spiro atoms. The first kappa shape index (κ1) is 23.8. The van der Waals surface area contributed by atoms with Crippen LogP contribution >= 0.6 is 24.0 Å². The third kappa shape index (κ3) is 7.06. The van der Waals surface area contributed by atoms with Crippen LogP contribution in [0.15, 0.2) is 41.4 Å². The number of pyridine rings is 1. The smallest absolute Gasteiger partial charge is 0.191 e. The average molecular weight is 499 g/mol. The van der Waals surface area contributed by atoms with Gasteiger partial charge in [0.05, 0.1) is 33.0 Å². The number of hydrogen-bond donors (Lipinski definition) is 2. The largest absolute Gasteiger partial charge is 0.493 e. The zero-order valence-electron chi connectivity index (χ0n) is 17.2. The molecule has 1 aromatic carbocycles. The van der Waals surface area contributed by atoms with Crippen molar-refractivity contribution in [3.63, 3.8) is 0 Å². The third-order valence-electron chi connectivity index (χ3n) is 3.90. The Hall–Kier alpha value is -2.23. The number of guanidine groups is 1. The van der Waals surface area contributed by atoms with Gasteiger partial charge in [0.1, 0.15) is 5.82 Å². The molecule has 2 aromatic rings. The molecule has 0 amide bonds. The number of nitrogens with zero attached hydrogens (tertiary/aromatic N) is 3. The fourth-order valence-electron chi connectivity index (χ4n) is 2.48. The Kier molecular flexibility index (Phi) is 10.4. The second-order valence-corrected chi connectivity index (χ2v) is 6.12. The molecule has 0 aliphatic carbocycles. The summed E-state index contributed by atoms with van der Waals surface area (Å²) in [4.78, 5) is 11.2. The molecular weight excluding hydrogens is 469 g/mol. The summed E-state index contributed by atoms with van der Waals surface area (Å²) in [5, 5.41) is 6.58. The molecule has 1 aromatic heterocycles. The van der Waals surface area contributed by atoms with Crippen molar-refractivity contribution in [2.75, 3.05) is 39.8 Å². The van der Waals surface area contributed by atoms with Gasteiger partial charge in [-0.2, -0.15) is 0 Å². The van der Waals surface area contributed by atoms with Gasteiger partial charge in [0.25, 0.3) is 0 Å². The van der Waals surface area contributed by atoms with E-state index < -0.39 is 0 Å². The van der Waals surface area contributed by atoms with Crippen molar-refractivity contribution in [1.82, 2.24) is 15.6 Å². The summed E-state index contributed by atoms with van der Waals surface area (Å²) in [6.07, 6.45) is 0. The maximum absolute atomic E-state index is 5.35. The molecule has 0 saturated heterocycles. The van der Waals surface area contributed by atoms with Gasteiger partial charge in [-0.1, -0.05) is 12.1 Å². The molecule has 0 aliphatic heterocycles. The van der Waals surface area contributed by atoms with Crippen LogP contribution in [0.4, 0.5) is 5.82 Å². The molecule has 2 rings (SSSR count). The van der Waals surface area contributed by atoms with E-state index in [0.717, 1.165) is 29.6 Å². The molecule has 2 N–H and O–H groups in total. The summed E-state index contributed by atoms with van der Waals surface area (Å²) in [6, 6.07) is 11.8. The first-order valence-corrected chi connectivity index (χ1v) is 8.93. The highest BCUT2D eigenvalue weighted by atomic mass is 127. The topological polar surface area (TPSA) is 71.0 Å². The van der Waals surface area contributed by atoms with Crippen molar-refractivity contribution in [3.8, 4) is 11.5 Å². The zero-order chi connectivity index (χ0) is 19.6. The van der Waals surface area contributed by atoms with E-state index >= 15 is 0 Å². The van der Waals surface area contributed by atoms with E-state index in [4.69, 9.17) is 9.47 Å². The predicted molar refractivity (Wildman–Crippen MR) is 125 cm³/mol. The van der Waals surface area contributed by atoms with Crippen LogP contribution in [0.25, 0.3) is 0 Å². The van der Waals surface area contributed by atoms with Crippen LogP contribution in [0.5, 0.6) is 11.5 Å². The summed E-state index contributed by atoms with van der Waals surface area (Å²) in [5.41, 5.74) is 2.00. The minimum Gasteiger partial charge on any atom is -0.493 e. The number of benzene rings is 1. The maximum atomic E-state index is 5.35. The predicted octanol–water partition coefficient (Wildman–Crippen LogP) is 3.04. The Morgan fingerprint density at radius 1 is 1.07 bits per heavy atom. The van der Waals surface area contributed by atoms with Crippen molar-refractivity contribution in [2.45, 2.75) is 20.0 Å². The van der Waals surface area contributed by atoms with E-state index in [1.165, 1.54) is 0 Å². The lowest BCUT2D eigenvalue weighted by molar-refractivity contribution is 0.354. The van der Waals surface area contributed by atoms with Crippen LogP contribution in [-0.2, 0) is 13.1 Å². The molecule has 0 unspecified atom stereocenters. The van der Waals surface area contributed by atoms with Crippen molar-refractivity contribution < 1.29 is 9.47 Å². The highest BCUT2D eigenvalue weighted by Gasteiger charge is 2.05. The third-order valence-corrected chi connectivity index (χ3v) is 3.90. The van der Waals surface area contributed by atoms with Crippen molar-refractivity contribution in [1.29, 1.82) is 0 Å². The molecule has 154 valence electrons. The summed E-state index contributed by atoms with van der Waals surface area (Å²) in [5.74, 6) is 3.08. The lowest BCUT2D eigenvalue weighted by Crippen LogP contribution is -2.37. The molecule has 0 bridgehead atoms. The average Bonchev–Trinajstić information content (AvgIpc) is 2.70. The first-order valence-electron chi connectivity index (χ1n) is 8.93. The minimum atomic E-state index is 0. The Morgan fingerprint density at radius 3 is 2.46 bits per heavy atom. The van der Waals surface area contributed by atoms with Crippen LogP contribution < -0.4 is 25.0 Å². The number of aromatic nitrogens is 1. The van der Waals surface area contributed by atoms with E-state index in [9.17, 15) is 0 Å². The van der Waals surface area contributed by atoms with Gasteiger partial charge < -0.3 is 25.0 Å². The van der Waals surface area contributed by atoms with Gasteiger partial charge in [-0.15, -0.1) is 24.0 Å². The summed E-state index contributed by atoms with van der Waals surface area (Å²) >= 11 is 0. The number of methoxy groups -OCH3 is 2. The van der Waals surface area contributed by atoms with Gasteiger partial charge in [0, 0.05) is 20.6 Å². The molecule has 8 heteroatoms. The molecular formula is C20H30IN5O2. The number of hydrogen-bond acceptors (Lipinski definition) is 5. The molecule has 0 radical (unpaired) electrons. The van der Waals surface area contributed by atoms with Gasteiger partial charge in [-0.05, 0) is 36.8 Å². The summed E-state index contributed by atoms with van der Waals surface area (Å²) in [7, 11) is 7.22. The zero-order valence-corrected chi connectivity index (χ0v) is 19.5. The van der Waals surface area contributed by atoms with Gasteiger partial charge in [-0.3, -0.25) is 0 Å². The number of nitrogens with one attached hydrogen (secondary N) is 2. The van der Waals surface area contributed by atoms with Crippen LogP contribution in [0.1, 0.15) is 18.2 Å². The van der Waals surface area contributed by atoms with Crippen molar-refractivity contribution in [3.05, 3.63) is 47.7 Å². The Balaban J connectivity index is 0.00000392. The molecule has 1 heterocycles. The molecule has 28 heavy (non-hydrogen) atoms. The van der Waals surface area contributed by atoms with Gasteiger partial charge in [0.15, 0.2) is 17.5 Å². The lowest BCUT2D eigenvalue weighted by Gasteiger charge is -2.14. The number of ether oxygens (including phenoxy) is 2. The Bertz CT molecular complexity index is 768. The van der Waals surface area contributed by atoms with E-state index in [-0.39, 0.29) is 24.0 Å². The quantitative estimate of drug-likeness (QED) is 0.331. The Labute approximate surface area is 184 Å². The van der Waals surface area contributed by atoms with Crippen molar-refractivity contribution in [2.24, 2.45) is 4.99 Å². The summed E-state index contributed by atoms with van der Waals surface area (Å²) in [6.45, 7) is 3.95. The second kappa shape index (κ2) is 12.3. The van der Waals surface area contributed by atoms with Crippen LogP contribution in [0, 0.1) is 0 Å². The normalized spacial score (nSPS) is 10.7. The standard InChI is InChI=1S/C20H29N5O2.HI/c1-6-21-20(23-14-16-8-7-9-19(24-16)25(2)3)22-13-15-10-11-17(26-4)18(12-15)27-5;/h7-12H,6,13-14H2,1-5H3,(H2,21,22,23);1H. The first-order chi connectivity index (χ1) is 13.1. The Morgan fingerprint density at radius 2 is 1.82 bits per heavy atom. The second-order valence-electron chi connectivity index (χ2n) is 6.12. The van der Waals surface area contributed by atoms with Gasteiger partial charge >= 0.3 is 0 Å².